The van der Waals surface area contributed by atoms with Crippen molar-refractivity contribution in [3.63, 3.8) is 0 Å². The van der Waals surface area contributed by atoms with Crippen LogP contribution in [0.25, 0.3) is 0 Å². The van der Waals surface area contributed by atoms with E-state index in [1.807, 2.05) is 6.92 Å². The van der Waals surface area contributed by atoms with E-state index in [4.69, 9.17) is 5.73 Å². The van der Waals surface area contributed by atoms with Crippen molar-refractivity contribution >= 4 is 11.8 Å². The molecule has 2 aromatic heterocycles. The Morgan fingerprint density at radius 3 is 2.53 bits per heavy atom. The molecule has 17 heavy (non-hydrogen) atoms. The molecule has 0 aromatic carbocycles. The third-order valence-corrected chi connectivity index (χ3v) is 2.79. The maximum atomic E-state index is 5.71. The first kappa shape index (κ1) is 11.9. The predicted octanol–water partition coefficient (Wildman–Crippen LogP) is 1.31. The summed E-state index contributed by atoms with van der Waals surface area (Å²) in [6.07, 6.45) is 9.35. The summed E-state index contributed by atoms with van der Waals surface area (Å²) in [6, 6.07) is 0.122. The van der Waals surface area contributed by atoms with Gasteiger partial charge < -0.3 is 5.73 Å². The molecule has 0 bridgehead atoms. The van der Waals surface area contributed by atoms with Crippen LogP contribution < -0.4 is 5.73 Å². The number of hydrogen-bond acceptors (Lipinski definition) is 6. The molecule has 0 fully saturated rings. The van der Waals surface area contributed by atoms with Crippen LogP contribution in [0.3, 0.4) is 0 Å². The van der Waals surface area contributed by atoms with Gasteiger partial charge in [-0.25, -0.2) is 15.0 Å². The lowest BCUT2D eigenvalue weighted by atomic mass is 10.1. The average molecular weight is 247 g/mol. The van der Waals surface area contributed by atoms with Gasteiger partial charge in [-0.1, -0.05) is 0 Å². The lowest BCUT2D eigenvalue weighted by Gasteiger charge is -2.04. The highest BCUT2D eigenvalue weighted by molar-refractivity contribution is 7.99. The molecule has 0 radical (unpaired) electrons. The summed E-state index contributed by atoms with van der Waals surface area (Å²) in [5.74, 6) is 0. The van der Waals surface area contributed by atoms with Crippen molar-refractivity contribution in [1.29, 1.82) is 0 Å². The van der Waals surface area contributed by atoms with E-state index in [1.54, 1.807) is 31.0 Å². The van der Waals surface area contributed by atoms with Gasteiger partial charge in [-0.3, -0.25) is 4.98 Å². The van der Waals surface area contributed by atoms with E-state index in [0.717, 1.165) is 17.0 Å². The Kier molecular flexibility index (Phi) is 4.00. The second kappa shape index (κ2) is 5.70. The molecule has 0 amide bonds. The number of aromatic nitrogens is 4. The number of hydrogen-bond donors (Lipinski definition) is 1. The highest BCUT2D eigenvalue weighted by atomic mass is 32.2. The van der Waals surface area contributed by atoms with E-state index in [-0.39, 0.29) is 6.04 Å². The zero-order valence-corrected chi connectivity index (χ0v) is 10.3. The summed E-state index contributed by atoms with van der Waals surface area (Å²) in [4.78, 5) is 16.6. The fraction of sp³-hybridized carbons (Fsp3) is 0.273. The maximum absolute atomic E-state index is 5.71. The lowest BCUT2D eigenvalue weighted by Crippen LogP contribution is -2.17. The predicted molar refractivity (Wildman–Crippen MR) is 65.5 cm³/mol. The standard InChI is InChI=1S/C11H13N5S/c1-8(12)4-9-5-15-11(16-6-9)17-10-7-13-2-3-14-10/h2-3,5-8H,4,12H2,1H3. The van der Waals surface area contributed by atoms with Crippen LogP contribution in [-0.4, -0.2) is 26.0 Å². The Hall–Kier alpha value is -1.53. The maximum Gasteiger partial charge on any atom is 0.193 e. The molecule has 2 rings (SSSR count). The summed E-state index contributed by atoms with van der Waals surface area (Å²) < 4.78 is 0. The molecule has 0 aliphatic heterocycles. The Morgan fingerprint density at radius 1 is 1.18 bits per heavy atom. The largest absolute Gasteiger partial charge is 0.328 e. The number of rotatable bonds is 4. The highest BCUT2D eigenvalue weighted by Gasteiger charge is 2.03. The van der Waals surface area contributed by atoms with E-state index >= 15 is 0 Å². The summed E-state index contributed by atoms with van der Waals surface area (Å²) >= 11 is 1.39. The zero-order chi connectivity index (χ0) is 12.1. The summed E-state index contributed by atoms with van der Waals surface area (Å²) in [5, 5.41) is 1.45. The van der Waals surface area contributed by atoms with E-state index in [2.05, 4.69) is 19.9 Å². The zero-order valence-electron chi connectivity index (χ0n) is 9.45. The van der Waals surface area contributed by atoms with Crippen molar-refractivity contribution in [1.82, 2.24) is 19.9 Å². The molecule has 0 saturated heterocycles. The van der Waals surface area contributed by atoms with Gasteiger partial charge in [0.25, 0.3) is 0 Å². The van der Waals surface area contributed by atoms with Crippen molar-refractivity contribution in [3.05, 3.63) is 36.5 Å². The van der Waals surface area contributed by atoms with Crippen molar-refractivity contribution < 1.29 is 0 Å². The third kappa shape index (κ3) is 3.76. The lowest BCUT2D eigenvalue weighted by molar-refractivity contribution is 0.727. The van der Waals surface area contributed by atoms with E-state index in [9.17, 15) is 0 Å². The van der Waals surface area contributed by atoms with Crippen LogP contribution in [0.2, 0.25) is 0 Å². The molecule has 5 nitrogen and oxygen atoms in total. The van der Waals surface area contributed by atoms with Gasteiger partial charge in [-0.2, -0.15) is 0 Å². The van der Waals surface area contributed by atoms with Gasteiger partial charge in [0.15, 0.2) is 5.16 Å². The van der Waals surface area contributed by atoms with Crippen molar-refractivity contribution in [3.8, 4) is 0 Å². The van der Waals surface area contributed by atoms with E-state index in [0.29, 0.717) is 5.16 Å². The first-order valence-corrected chi connectivity index (χ1v) is 6.06. The fourth-order valence-electron chi connectivity index (χ4n) is 1.30. The van der Waals surface area contributed by atoms with Crippen LogP contribution >= 0.6 is 11.8 Å². The molecule has 2 heterocycles. The highest BCUT2D eigenvalue weighted by Crippen LogP contribution is 2.20. The molecule has 0 spiro atoms. The Labute approximate surface area is 104 Å². The van der Waals surface area contributed by atoms with Crippen LogP contribution in [0.5, 0.6) is 0 Å². The van der Waals surface area contributed by atoms with Crippen molar-refractivity contribution in [2.75, 3.05) is 0 Å². The summed E-state index contributed by atoms with van der Waals surface area (Å²) in [7, 11) is 0. The number of nitrogens with two attached hydrogens (primary N) is 1. The van der Waals surface area contributed by atoms with Gasteiger partial charge in [0, 0.05) is 30.8 Å². The van der Waals surface area contributed by atoms with Gasteiger partial charge in [-0.05, 0) is 30.7 Å². The van der Waals surface area contributed by atoms with Gasteiger partial charge in [0.05, 0.1) is 6.20 Å². The second-order valence-electron chi connectivity index (χ2n) is 3.70. The Morgan fingerprint density at radius 2 is 1.94 bits per heavy atom. The first-order chi connectivity index (χ1) is 8.24. The molecule has 6 heteroatoms. The second-order valence-corrected chi connectivity index (χ2v) is 4.69. The van der Waals surface area contributed by atoms with Gasteiger partial charge in [0.1, 0.15) is 5.03 Å². The molecule has 2 N–H and O–H groups in total. The van der Waals surface area contributed by atoms with Gasteiger partial charge in [-0.15, -0.1) is 0 Å². The Bertz CT molecular complexity index is 457. The monoisotopic (exact) mass is 247 g/mol. The molecule has 0 aliphatic rings. The molecule has 2 aromatic rings. The fourth-order valence-corrected chi connectivity index (χ4v) is 1.93. The SMILES string of the molecule is CC(N)Cc1cnc(Sc2cnccn2)nc1. The topological polar surface area (TPSA) is 77.6 Å². The normalized spacial score (nSPS) is 12.4. The summed E-state index contributed by atoms with van der Waals surface area (Å²) in [6.45, 7) is 1.96. The number of nitrogens with zero attached hydrogens (tertiary/aromatic N) is 4. The van der Waals surface area contributed by atoms with E-state index in [1.165, 1.54) is 11.8 Å². The van der Waals surface area contributed by atoms with Crippen LogP contribution in [-0.2, 0) is 6.42 Å². The van der Waals surface area contributed by atoms with Crippen LogP contribution in [0.15, 0.2) is 41.2 Å². The average Bonchev–Trinajstić information content (AvgIpc) is 2.32. The minimum atomic E-state index is 0.122. The Balaban J connectivity index is 2.03. The van der Waals surface area contributed by atoms with Crippen LogP contribution in [0.4, 0.5) is 0 Å². The smallest absolute Gasteiger partial charge is 0.193 e. The van der Waals surface area contributed by atoms with Crippen molar-refractivity contribution in [2.24, 2.45) is 5.73 Å². The van der Waals surface area contributed by atoms with Crippen molar-refractivity contribution in [2.45, 2.75) is 29.6 Å². The summed E-state index contributed by atoms with van der Waals surface area (Å²) in [5.41, 5.74) is 6.75. The molecule has 1 unspecified atom stereocenters. The minimum Gasteiger partial charge on any atom is -0.328 e. The molecule has 88 valence electrons. The van der Waals surface area contributed by atoms with Crippen LogP contribution in [0, 0.1) is 0 Å². The van der Waals surface area contributed by atoms with Gasteiger partial charge in [0.2, 0.25) is 0 Å². The molecule has 0 saturated carbocycles. The molecular formula is C11H13N5S. The van der Waals surface area contributed by atoms with E-state index < -0.39 is 0 Å². The van der Waals surface area contributed by atoms with Gasteiger partial charge >= 0.3 is 0 Å². The molecule has 1 atom stereocenters. The quantitative estimate of drug-likeness (QED) is 0.821. The molecular weight excluding hydrogens is 234 g/mol. The minimum absolute atomic E-state index is 0.122. The molecule has 0 aliphatic carbocycles. The van der Waals surface area contributed by atoms with Crippen LogP contribution in [0.1, 0.15) is 12.5 Å². The first-order valence-electron chi connectivity index (χ1n) is 5.24. The third-order valence-electron chi connectivity index (χ3n) is 1.97.